The quantitative estimate of drug-likeness (QED) is 0.710. The van der Waals surface area contributed by atoms with Gasteiger partial charge in [0.25, 0.3) is 5.91 Å². The van der Waals surface area contributed by atoms with Gasteiger partial charge in [-0.2, -0.15) is 0 Å². The van der Waals surface area contributed by atoms with Crippen LogP contribution in [-0.2, 0) is 0 Å². The Hall–Kier alpha value is -2.60. The second-order valence-corrected chi connectivity index (χ2v) is 6.27. The molecule has 0 aliphatic heterocycles. The van der Waals surface area contributed by atoms with Crippen molar-refractivity contribution in [3.63, 3.8) is 0 Å². The normalized spacial score (nSPS) is 10.6. The Labute approximate surface area is 143 Å². The van der Waals surface area contributed by atoms with Crippen molar-refractivity contribution in [1.29, 1.82) is 0 Å². The summed E-state index contributed by atoms with van der Waals surface area (Å²) < 4.78 is 13.0. The molecule has 3 aromatic rings. The predicted octanol–water partition coefficient (Wildman–Crippen LogP) is 4.32. The molecule has 0 aliphatic rings. The standard InChI is InChI=1S/C18H16FN3OS/c1-3-22(17(23)14-6-4-12(2)5-7-14)18-21-20-16(24-18)13-8-10-15(19)11-9-13/h4-11H,3H2,1-2H3. The van der Waals surface area contributed by atoms with E-state index in [1.54, 1.807) is 17.0 Å². The average Bonchev–Trinajstić information content (AvgIpc) is 3.06. The van der Waals surface area contributed by atoms with Crippen LogP contribution in [0.2, 0.25) is 0 Å². The molecular weight excluding hydrogens is 325 g/mol. The van der Waals surface area contributed by atoms with E-state index in [4.69, 9.17) is 0 Å². The Morgan fingerprint density at radius 2 is 1.75 bits per heavy atom. The van der Waals surface area contributed by atoms with Gasteiger partial charge in [-0.3, -0.25) is 9.69 Å². The van der Waals surface area contributed by atoms with Crippen molar-refractivity contribution in [3.8, 4) is 10.6 Å². The van der Waals surface area contributed by atoms with Crippen LogP contribution in [0.25, 0.3) is 10.6 Å². The molecule has 0 bridgehead atoms. The van der Waals surface area contributed by atoms with Gasteiger partial charge >= 0.3 is 0 Å². The predicted molar refractivity (Wildman–Crippen MR) is 93.8 cm³/mol. The van der Waals surface area contributed by atoms with Crippen LogP contribution in [0.5, 0.6) is 0 Å². The van der Waals surface area contributed by atoms with Gasteiger partial charge in [-0.15, -0.1) is 10.2 Å². The number of amides is 1. The number of aromatic nitrogens is 2. The Bertz CT molecular complexity index is 843. The summed E-state index contributed by atoms with van der Waals surface area (Å²) in [6, 6.07) is 13.5. The number of hydrogen-bond donors (Lipinski definition) is 0. The molecule has 1 amide bonds. The zero-order valence-corrected chi connectivity index (χ0v) is 14.2. The first-order valence-corrected chi connectivity index (χ1v) is 8.38. The van der Waals surface area contributed by atoms with Gasteiger partial charge in [-0.25, -0.2) is 4.39 Å². The Morgan fingerprint density at radius 3 is 2.38 bits per heavy atom. The molecule has 0 unspecified atom stereocenters. The maximum atomic E-state index is 13.0. The van der Waals surface area contributed by atoms with Crippen LogP contribution < -0.4 is 4.90 Å². The number of anilines is 1. The molecule has 4 nitrogen and oxygen atoms in total. The van der Waals surface area contributed by atoms with E-state index < -0.39 is 0 Å². The van der Waals surface area contributed by atoms with Crippen LogP contribution in [0.15, 0.2) is 48.5 Å². The van der Waals surface area contributed by atoms with E-state index in [0.717, 1.165) is 11.1 Å². The van der Waals surface area contributed by atoms with Crippen molar-refractivity contribution in [2.24, 2.45) is 0 Å². The second-order valence-electron chi connectivity index (χ2n) is 5.31. The third-order valence-corrected chi connectivity index (χ3v) is 4.59. The van der Waals surface area contributed by atoms with Crippen LogP contribution in [0.3, 0.4) is 0 Å². The highest BCUT2D eigenvalue weighted by molar-refractivity contribution is 7.18. The van der Waals surface area contributed by atoms with Gasteiger partial charge in [0.15, 0.2) is 0 Å². The van der Waals surface area contributed by atoms with Crippen LogP contribution in [0, 0.1) is 12.7 Å². The number of hydrogen-bond acceptors (Lipinski definition) is 4. The molecule has 1 heterocycles. The molecule has 0 atom stereocenters. The molecule has 122 valence electrons. The minimum atomic E-state index is -0.298. The van der Waals surface area contributed by atoms with Gasteiger partial charge in [0.2, 0.25) is 5.13 Å². The Kier molecular flexibility index (Phi) is 4.66. The number of carbonyl (C=O) groups is 1. The van der Waals surface area contributed by atoms with Crippen molar-refractivity contribution < 1.29 is 9.18 Å². The second kappa shape index (κ2) is 6.88. The Morgan fingerprint density at radius 1 is 1.08 bits per heavy atom. The fourth-order valence-corrected chi connectivity index (χ4v) is 3.16. The summed E-state index contributed by atoms with van der Waals surface area (Å²) in [6.07, 6.45) is 0. The van der Waals surface area contributed by atoms with Crippen LogP contribution in [0.1, 0.15) is 22.8 Å². The summed E-state index contributed by atoms with van der Waals surface area (Å²) in [4.78, 5) is 14.3. The lowest BCUT2D eigenvalue weighted by atomic mass is 10.1. The lowest BCUT2D eigenvalue weighted by Gasteiger charge is -2.17. The van der Waals surface area contributed by atoms with Gasteiger partial charge in [-0.1, -0.05) is 29.0 Å². The maximum absolute atomic E-state index is 13.0. The molecule has 0 saturated heterocycles. The Balaban J connectivity index is 1.87. The monoisotopic (exact) mass is 341 g/mol. The van der Waals surface area contributed by atoms with E-state index in [2.05, 4.69) is 10.2 Å². The third-order valence-electron chi connectivity index (χ3n) is 3.60. The molecule has 1 aromatic heterocycles. The van der Waals surface area contributed by atoms with Crippen molar-refractivity contribution >= 4 is 22.4 Å². The lowest BCUT2D eigenvalue weighted by molar-refractivity contribution is 0.0988. The van der Waals surface area contributed by atoms with Crippen molar-refractivity contribution in [2.45, 2.75) is 13.8 Å². The summed E-state index contributed by atoms with van der Waals surface area (Å²) in [5.41, 5.74) is 2.49. The smallest absolute Gasteiger partial charge is 0.260 e. The molecule has 24 heavy (non-hydrogen) atoms. The highest BCUT2D eigenvalue weighted by Crippen LogP contribution is 2.29. The molecule has 0 saturated carbocycles. The van der Waals surface area contributed by atoms with E-state index in [1.807, 2.05) is 38.1 Å². The van der Waals surface area contributed by atoms with Crippen LogP contribution >= 0.6 is 11.3 Å². The molecule has 2 aromatic carbocycles. The van der Waals surface area contributed by atoms with Gasteiger partial charge in [0, 0.05) is 17.7 Å². The average molecular weight is 341 g/mol. The third kappa shape index (κ3) is 3.33. The minimum absolute atomic E-state index is 0.112. The zero-order chi connectivity index (χ0) is 17.1. The van der Waals surface area contributed by atoms with Gasteiger partial charge in [-0.05, 0) is 50.2 Å². The summed E-state index contributed by atoms with van der Waals surface area (Å²) in [6.45, 7) is 4.36. The molecular formula is C18H16FN3OS. The fourth-order valence-electron chi connectivity index (χ4n) is 2.25. The largest absolute Gasteiger partial charge is 0.283 e. The van der Waals surface area contributed by atoms with E-state index >= 15 is 0 Å². The van der Waals surface area contributed by atoms with Crippen molar-refractivity contribution in [1.82, 2.24) is 10.2 Å². The van der Waals surface area contributed by atoms with E-state index in [1.165, 1.54) is 23.5 Å². The fraction of sp³-hybridized carbons (Fsp3) is 0.167. The molecule has 0 N–H and O–H groups in total. The topological polar surface area (TPSA) is 46.1 Å². The summed E-state index contributed by atoms with van der Waals surface area (Å²) in [7, 11) is 0. The van der Waals surface area contributed by atoms with Gasteiger partial charge in [0.1, 0.15) is 10.8 Å². The summed E-state index contributed by atoms with van der Waals surface area (Å²) >= 11 is 1.31. The van der Waals surface area contributed by atoms with Gasteiger partial charge < -0.3 is 0 Å². The number of rotatable bonds is 4. The van der Waals surface area contributed by atoms with Gasteiger partial charge in [0.05, 0.1) is 0 Å². The summed E-state index contributed by atoms with van der Waals surface area (Å²) in [5.74, 6) is -0.410. The highest BCUT2D eigenvalue weighted by atomic mass is 32.1. The number of carbonyl (C=O) groups excluding carboxylic acids is 1. The summed E-state index contributed by atoms with van der Waals surface area (Å²) in [5, 5.41) is 9.44. The number of aryl methyl sites for hydroxylation is 1. The molecule has 0 radical (unpaired) electrons. The first-order valence-electron chi connectivity index (χ1n) is 7.56. The maximum Gasteiger partial charge on any atom is 0.260 e. The number of benzene rings is 2. The molecule has 0 fully saturated rings. The molecule has 0 spiro atoms. The van der Waals surface area contributed by atoms with E-state index in [0.29, 0.717) is 22.2 Å². The number of nitrogens with zero attached hydrogens (tertiary/aromatic N) is 3. The molecule has 3 rings (SSSR count). The minimum Gasteiger partial charge on any atom is -0.283 e. The first-order chi connectivity index (χ1) is 11.6. The van der Waals surface area contributed by atoms with Crippen LogP contribution in [-0.4, -0.2) is 22.6 Å². The number of halogens is 1. The molecule has 0 aliphatic carbocycles. The van der Waals surface area contributed by atoms with Crippen molar-refractivity contribution in [2.75, 3.05) is 11.4 Å². The highest BCUT2D eigenvalue weighted by Gasteiger charge is 2.20. The molecule has 6 heteroatoms. The van der Waals surface area contributed by atoms with Crippen LogP contribution in [0.4, 0.5) is 9.52 Å². The van der Waals surface area contributed by atoms with Crippen molar-refractivity contribution in [3.05, 3.63) is 65.5 Å². The SMILES string of the molecule is CCN(C(=O)c1ccc(C)cc1)c1nnc(-c2ccc(F)cc2)s1. The lowest BCUT2D eigenvalue weighted by Crippen LogP contribution is -2.30. The van der Waals surface area contributed by atoms with E-state index in [9.17, 15) is 9.18 Å². The zero-order valence-electron chi connectivity index (χ0n) is 13.4. The van der Waals surface area contributed by atoms with E-state index in [-0.39, 0.29) is 11.7 Å². The first kappa shape index (κ1) is 16.3.